The molecule has 2 unspecified atom stereocenters. The molecule has 0 saturated carbocycles. The number of carboxylic acids is 1. The van der Waals surface area contributed by atoms with Crippen LogP contribution in [0.3, 0.4) is 0 Å². The Bertz CT molecular complexity index is 338. The van der Waals surface area contributed by atoms with E-state index in [1.54, 1.807) is 0 Å². The number of epoxide rings is 1. The molecule has 1 heterocycles. The van der Waals surface area contributed by atoms with Gasteiger partial charge in [0.25, 0.3) is 0 Å². The molecule has 2 atom stereocenters. The Labute approximate surface area is 148 Å². The van der Waals surface area contributed by atoms with E-state index in [1.807, 2.05) is 0 Å². The van der Waals surface area contributed by atoms with Crippen LogP contribution in [-0.4, -0.2) is 23.3 Å². The molecule has 1 N–H and O–H groups in total. The third-order valence-electron chi connectivity index (χ3n) is 4.80. The summed E-state index contributed by atoms with van der Waals surface area (Å²) >= 11 is 0. The van der Waals surface area contributed by atoms with Crippen LogP contribution < -0.4 is 0 Å². The summed E-state index contributed by atoms with van der Waals surface area (Å²) in [5.74, 6) is -0.709. The summed E-state index contributed by atoms with van der Waals surface area (Å²) in [5.41, 5.74) is 0. The number of ether oxygens (including phenoxy) is 1. The first-order valence-electron chi connectivity index (χ1n) is 10.3. The van der Waals surface area contributed by atoms with Crippen LogP contribution in [0.25, 0.3) is 0 Å². The smallest absolute Gasteiger partial charge is 0.303 e. The number of carboxylic acid groups (broad SMARTS) is 1. The Kier molecular flexibility index (Phi) is 12.8. The average Bonchev–Trinajstić information content (AvgIpc) is 3.30. The summed E-state index contributed by atoms with van der Waals surface area (Å²) < 4.78 is 5.53. The number of allylic oxidation sites excluding steroid dienone is 1. The summed E-state index contributed by atoms with van der Waals surface area (Å²) in [7, 11) is 0. The molecular formula is C21H38O3. The van der Waals surface area contributed by atoms with Gasteiger partial charge in [0.05, 0.1) is 6.10 Å². The van der Waals surface area contributed by atoms with Crippen LogP contribution in [0, 0.1) is 0 Å². The van der Waals surface area contributed by atoms with Crippen molar-refractivity contribution in [1.82, 2.24) is 0 Å². The highest BCUT2D eigenvalue weighted by atomic mass is 16.6. The van der Waals surface area contributed by atoms with E-state index in [1.165, 1.54) is 70.6 Å². The van der Waals surface area contributed by atoms with E-state index >= 15 is 0 Å². The van der Waals surface area contributed by atoms with Gasteiger partial charge in [-0.25, -0.2) is 0 Å². The molecule has 3 heteroatoms. The van der Waals surface area contributed by atoms with Gasteiger partial charge in [0.15, 0.2) is 0 Å². The van der Waals surface area contributed by atoms with E-state index in [0.717, 1.165) is 19.3 Å². The van der Waals surface area contributed by atoms with Gasteiger partial charge in [-0.2, -0.15) is 0 Å². The van der Waals surface area contributed by atoms with Crippen molar-refractivity contribution in [1.29, 1.82) is 0 Å². The van der Waals surface area contributed by atoms with Gasteiger partial charge in [0.2, 0.25) is 0 Å². The van der Waals surface area contributed by atoms with Crippen molar-refractivity contribution in [2.75, 3.05) is 0 Å². The van der Waals surface area contributed by atoms with E-state index < -0.39 is 5.97 Å². The van der Waals surface area contributed by atoms with Crippen molar-refractivity contribution in [2.24, 2.45) is 0 Å². The lowest BCUT2D eigenvalue weighted by molar-refractivity contribution is -0.137. The van der Waals surface area contributed by atoms with E-state index in [2.05, 4.69) is 19.1 Å². The Balaban J connectivity index is 1.77. The molecule has 1 rings (SSSR count). The average molecular weight is 339 g/mol. The molecule has 0 bridgehead atoms. The standard InChI is InChI=1S/C21H38O3/c1-2-3-4-5-6-7-8-9-10-11-12-13-14-16-19-20(24-19)17-15-18-21(22)23/h14,16,19-20H,2-13,15,17-18H2,1H3,(H,22,23). The summed E-state index contributed by atoms with van der Waals surface area (Å²) in [4.78, 5) is 10.4. The normalized spacial score (nSPS) is 19.9. The third-order valence-corrected chi connectivity index (χ3v) is 4.80. The molecule has 1 aliphatic rings. The molecule has 0 aromatic heterocycles. The van der Waals surface area contributed by atoms with Crippen LogP contribution in [0.4, 0.5) is 0 Å². The van der Waals surface area contributed by atoms with E-state index in [4.69, 9.17) is 9.84 Å². The summed E-state index contributed by atoms with van der Waals surface area (Å²) in [6.07, 6.45) is 23.2. The molecule has 0 aromatic rings. The molecule has 3 nitrogen and oxygen atoms in total. The Morgan fingerprint density at radius 2 is 1.50 bits per heavy atom. The predicted molar refractivity (Wildman–Crippen MR) is 100 cm³/mol. The quantitative estimate of drug-likeness (QED) is 0.193. The molecule has 0 spiro atoms. The zero-order valence-corrected chi connectivity index (χ0v) is 15.7. The third kappa shape index (κ3) is 12.6. The van der Waals surface area contributed by atoms with Crippen LogP contribution in [0.2, 0.25) is 0 Å². The van der Waals surface area contributed by atoms with Crippen LogP contribution in [0.5, 0.6) is 0 Å². The number of hydrogen-bond acceptors (Lipinski definition) is 2. The van der Waals surface area contributed by atoms with Gasteiger partial charge in [0, 0.05) is 6.42 Å². The molecule has 140 valence electrons. The number of carbonyl (C=O) groups is 1. The van der Waals surface area contributed by atoms with Gasteiger partial charge in [-0.05, 0) is 25.7 Å². The maximum atomic E-state index is 10.4. The van der Waals surface area contributed by atoms with Gasteiger partial charge >= 0.3 is 5.97 Å². The van der Waals surface area contributed by atoms with Crippen molar-refractivity contribution in [3.63, 3.8) is 0 Å². The van der Waals surface area contributed by atoms with Crippen LogP contribution in [0.1, 0.15) is 103 Å². The highest BCUT2D eigenvalue weighted by Gasteiger charge is 2.35. The highest BCUT2D eigenvalue weighted by Crippen LogP contribution is 2.28. The fourth-order valence-electron chi connectivity index (χ4n) is 3.17. The molecule has 0 amide bonds. The largest absolute Gasteiger partial charge is 0.481 e. The second-order valence-corrected chi connectivity index (χ2v) is 7.18. The Morgan fingerprint density at radius 3 is 2.08 bits per heavy atom. The predicted octanol–water partition coefficient (Wildman–Crippen LogP) is 6.27. The van der Waals surface area contributed by atoms with Gasteiger partial charge in [-0.15, -0.1) is 0 Å². The zero-order valence-electron chi connectivity index (χ0n) is 15.7. The maximum absolute atomic E-state index is 10.4. The molecule has 1 fully saturated rings. The summed E-state index contributed by atoms with van der Waals surface area (Å²) in [6.45, 7) is 2.27. The zero-order chi connectivity index (χ0) is 17.5. The van der Waals surface area contributed by atoms with Crippen molar-refractivity contribution >= 4 is 5.97 Å². The van der Waals surface area contributed by atoms with Gasteiger partial charge in [-0.3, -0.25) is 4.79 Å². The minimum Gasteiger partial charge on any atom is -0.481 e. The molecule has 1 saturated heterocycles. The van der Waals surface area contributed by atoms with Gasteiger partial charge in [0.1, 0.15) is 6.10 Å². The number of unbranched alkanes of at least 4 members (excludes halogenated alkanes) is 11. The monoisotopic (exact) mass is 338 g/mol. The fraction of sp³-hybridized carbons (Fsp3) is 0.857. The first-order valence-corrected chi connectivity index (χ1v) is 10.3. The van der Waals surface area contributed by atoms with Crippen molar-refractivity contribution in [2.45, 2.75) is 115 Å². The van der Waals surface area contributed by atoms with Gasteiger partial charge in [-0.1, -0.05) is 83.3 Å². The second kappa shape index (κ2) is 14.5. The first kappa shape index (κ1) is 21.2. The van der Waals surface area contributed by atoms with Gasteiger partial charge < -0.3 is 9.84 Å². The fourth-order valence-corrected chi connectivity index (χ4v) is 3.17. The van der Waals surface area contributed by atoms with Crippen LogP contribution in [-0.2, 0) is 9.53 Å². The van der Waals surface area contributed by atoms with E-state index in [0.29, 0.717) is 0 Å². The lowest BCUT2D eigenvalue weighted by Gasteiger charge is -2.01. The number of aliphatic carboxylic acids is 1. The summed E-state index contributed by atoms with van der Waals surface area (Å²) in [6, 6.07) is 0. The minimum absolute atomic E-state index is 0.256. The Hall–Kier alpha value is -0.830. The second-order valence-electron chi connectivity index (χ2n) is 7.18. The molecule has 0 radical (unpaired) electrons. The van der Waals surface area contributed by atoms with Crippen molar-refractivity contribution in [3.05, 3.63) is 12.2 Å². The lowest BCUT2D eigenvalue weighted by Crippen LogP contribution is -1.97. The van der Waals surface area contributed by atoms with Crippen molar-refractivity contribution < 1.29 is 14.6 Å². The highest BCUT2D eigenvalue weighted by molar-refractivity contribution is 5.66. The molecule has 1 aliphatic heterocycles. The molecule has 0 aromatic carbocycles. The molecule has 24 heavy (non-hydrogen) atoms. The SMILES string of the molecule is CCCCCCCCCCCCCC=CC1OC1CCCC(=O)O. The number of hydrogen-bond donors (Lipinski definition) is 1. The van der Waals surface area contributed by atoms with Crippen LogP contribution in [0.15, 0.2) is 12.2 Å². The lowest BCUT2D eigenvalue weighted by atomic mass is 10.1. The maximum Gasteiger partial charge on any atom is 0.303 e. The van der Waals surface area contributed by atoms with Crippen molar-refractivity contribution in [3.8, 4) is 0 Å². The first-order chi connectivity index (χ1) is 11.7. The summed E-state index contributed by atoms with van der Waals surface area (Å²) in [5, 5.41) is 8.59. The number of rotatable bonds is 17. The topological polar surface area (TPSA) is 49.8 Å². The van der Waals surface area contributed by atoms with Crippen LogP contribution >= 0.6 is 0 Å². The van der Waals surface area contributed by atoms with E-state index in [9.17, 15) is 4.79 Å². The molecular weight excluding hydrogens is 300 g/mol. The minimum atomic E-state index is -0.709. The van der Waals surface area contributed by atoms with E-state index in [-0.39, 0.29) is 18.6 Å². The Morgan fingerprint density at radius 1 is 0.917 bits per heavy atom. The molecule has 0 aliphatic carbocycles.